The summed E-state index contributed by atoms with van der Waals surface area (Å²) in [5, 5.41) is 12.1. The third-order valence-corrected chi connectivity index (χ3v) is 5.41. The predicted molar refractivity (Wildman–Crippen MR) is 109 cm³/mol. The fourth-order valence-electron chi connectivity index (χ4n) is 2.99. The number of fused-ring (bicyclic) bond motifs is 1. The molecule has 6 nitrogen and oxygen atoms in total. The van der Waals surface area contributed by atoms with Crippen LogP contribution in [0, 0.1) is 0 Å². The normalized spacial score (nSPS) is 11.3. The van der Waals surface area contributed by atoms with E-state index >= 15 is 0 Å². The molecule has 148 valence electrons. The molecule has 2 aromatic heterocycles. The van der Waals surface area contributed by atoms with Gasteiger partial charge >= 0.3 is 0 Å². The van der Waals surface area contributed by atoms with Gasteiger partial charge in [-0.15, -0.1) is 11.3 Å². The lowest BCUT2D eigenvalue weighted by molar-refractivity contribution is 0.102. The Morgan fingerprint density at radius 3 is 2.72 bits per heavy atom. The molecule has 0 saturated carbocycles. The number of rotatable bonds is 5. The number of nitrogens with one attached hydrogen (secondary N) is 1. The molecule has 2 aromatic carbocycles. The van der Waals surface area contributed by atoms with Gasteiger partial charge in [-0.3, -0.25) is 14.7 Å². The number of carbonyl (C=O) groups excluding carboxylic acids is 1. The van der Waals surface area contributed by atoms with Gasteiger partial charge in [-0.25, -0.2) is 13.8 Å². The van der Waals surface area contributed by atoms with Gasteiger partial charge in [0.2, 0.25) is 5.95 Å². The largest absolute Gasteiger partial charge is 0.399 e. The first-order valence-electron chi connectivity index (χ1n) is 8.63. The van der Waals surface area contributed by atoms with E-state index in [0.29, 0.717) is 28.0 Å². The zero-order chi connectivity index (χ0) is 20.5. The average Bonchev–Trinajstić information content (AvgIpc) is 3.32. The highest BCUT2D eigenvalue weighted by molar-refractivity contribution is 7.14. The van der Waals surface area contributed by atoms with Gasteiger partial charge in [0.15, 0.2) is 0 Å². The first-order valence-corrected chi connectivity index (χ1v) is 9.45. The summed E-state index contributed by atoms with van der Waals surface area (Å²) in [4.78, 5) is 17.1. The Hall–Kier alpha value is -3.30. The van der Waals surface area contributed by atoms with Crippen LogP contribution < -0.4 is 11.1 Å². The summed E-state index contributed by atoms with van der Waals surface area (Å²) in [5.74, 6) is -0.317. The monoisotopic (exact) mass is 414 g/mol. The van der Waals surface area contributed by atoms with Gasteiger partial charge in [0, 0.05) is 5.69 Å². The molecule has 0 fully saturated rings. The van der Waals surface area contributed by atoms with E-state index in [1.165, 1.54) is 12.1 Å². The van der Waals surface area contributed by atoms with Crippen molar-refractivity contribution in [2.45, 2.75) is 13.0 Å². The molecule has 4 aromatic rings. The third-order valence-electron chi connectivity index (χ3n) is 4.32. The quantitative estimate of drug-likeness (QED) is 0.423. The van der Waals surface area contributed by atoms with E-state index in [-0.39, 0.29) is 22.3 Å². The van der Waals surface area contributed by atoms with Crippen molar-refractivity contribution in [3.05, 3.63) is 69.9 Å². The Kier molecular flexibility index (Phi) is 4.99. The molecular weight excluding hydrogens is 398 g/mol. The fourth-order valence-corrected chi connectivity index (χ4v) is 3.75. The first kappa shape index (κ1) is 19.0. The van der Waals surface area contributed by atoms with Crippen molar-refractivity contribution in [3.8, 4) is 5.69 Å². The van der Waals surface area contributed by atoms with Crippen molar-refractivity contribution < 1.29 is 18.7 Å². The van der Waals surface area contributed by atoms with Crippen LogP contribution in [-0.4, -0.2) is 20.6 Å². The number of nitrogens with zero attached hydrogens (tertiary/aromatic N) is 2. The summed E-state index contributed by atoms with van der Waals surface area (Å²) in [6.07, 6.45) is -2.63. The van der Waals surface area contributed by atoms with Crippen molar-refractivity contribution in [1.29, 1.82) is 0 Å². The van der Waals surface area contributed by atoms with E-state index in [2.05, 4.69) is 10.3 Å². The molecule has 0 aliphatic rings. The highest BCUT2D eigenvalue weighted by Gasteiger charge is 2.19. The van der Waals surface area contributed by atoms with E-state index in [9.17, 15) is 18.7 Å². The van der Waals surface area contributed by atoms with E-state index < -0.39 is 12.3 Å². The maximum atomic E-state index is 12.8. The molecular formula is C20H16F2N4O2S. The number of nitrogen functional groups attached to an aromatic ring is 1. The second kappa shape index (κ2) is 7.61. The molecule has 0 spiro atoms. The number of carbonyl (C=O) groups is 1. The van der Waals surface area contributed by atoms with Crippen LogP contribution in [0.1, 0.15) is 26.5 Å². The Bertz CT molecular complexity index is 1200. The highest BCUT2D eigenvalue weighted by atomic mass is 32.1. The van der Waals surface area contributed by atoms with Gasteiger partial charge in [-0.05, 0) is 48.0 Å². The Labute approximate surface area is 168 Å². The molecule has 0 radical (unpaired) electrons. The number of anilines is 2. The highest BCUT2D eigenvalue weighted by Crippen LogP contribution is 2.29. The van der Waals surface area contributed by atoms with E-state index in [4.69, 9.17) is 5.73 Å². The number of aliphatic hydroxyl groups excluding tert-OH is 1. The van der Waals surface area contributed by atoms with Crippen LogP contribution in [0.2, 0.25) is 0 Å². The third kappa shape index (κ3) is 3.69. The predicted octanol–water partition coefficient (Wildman–Crippen LogP) is 4.35. The fraction of sp³-hybridized carbons (Fsp3) is 0.100. The molecule has 0 unspecified atom stereocenters. The molecule has 0 aliphatic carbocycles. The van der Waals surface area contributed by atoms with E-state index in [1.54, 1.807) is 41.0 Å². The van der Waals surface area contributed by atoms with Crippen molar-refractivity contribution in [1.82, 2.24) is 9.55 Å². The molecule has 0 aliphatic heterocycles. The zero-order valence-corrected chi connectivity index (χ0v) is 15.8. The number of alkyl halides is 2. The molecule has 0 saturated heterocycles. The van der Waals surface area contributed by atoms with Crippen LogP contribution in [0.5, 0.6) is 0 Å². The maximum absolute atomic E-state index is 12.8. The summed E-state index contributed by atoms with van der Waals surface area (Å²) in [5.41, 5.74) is 9.05. The number of benzene rings is 2. The number of aromatic nitrogens is 2. The van der Waals surface area contributed by atoms with Crippen LogP contribution in [0.3, 0.4) is 0 Å². The Morgan fingerprint density at radius 2 is 2.03 bits per heavy atom. The molecule has 4 rings (SSSR count). The van der Waals surface area contributed by atoms with Crippen molar-refractivity contribution in [2.75, 3.05) is 11.1 Å². The summed E-state index contributed by atoms with van der Waals surface area (Å²) in [6.45, 7) is -0.144. The number of amides is 1. The topological polar surface area (TPSA) is 93.2 Å². The van der Waals surface area contributed by atoms with Crippen LogP contribution >= 0.6 is 11.3 Å². The summed E-state index contributed by atoms with van der Waals surface area (Å²) >= 11 is 0.733. The average molecular weight is 414 g/mol. The number of hydrogen-bond acceptors (Lipinski definition) is 5. The van der Waals surface area contributed by atoms with Crippen molar-refractivity contribution >= 4 is 39.9 Å². The molecule has 2 heterocycles. The molecule has 0 bridgehead atoms. The second-order valence-electron chi connectivity index (χ2n) is 6.30. The number of thiophene rings is 1. The molecule has 9 heteroatoms. The molecule has 0 atom stereocenters. The SMILES string of the molecule is Nc1cccc(-n2c(NC(=O)c3ccc(C(F)F)s3)nc3cc(CO)ccc32)c1. The summed E-state index contributed by atoms with van der Waals surface area (Å²) in [6, 6.07) is 14.9. The Morgan fingerprint density at radius 1 is 1.21 bits per heavy atom. The van der Waals surface area contributed by atoms with Crippen LogP contribution in [0.4, 0.5) is 20.4 Å². The number of nitrogens with two attached hydrogens (primary N) is 1. The first-order chi connectivity index (χ1) is 14.0. The van der Waals surface area contributed by atoms with Gasteiger partial charge in [0.25, 0.3) is 12.3 Å². The van der Waals surface area contributed by atoms with Gasteiger partial charge in [0.05, 0.1) is 33.1 Å². The minimum Gasteiger partial charge on any atom is -0.399 e. The summed E-state index contributed by atoms with van der Waals surface area (Å²) in [7, 11) is 0. The van der Waals surface area contributed by atoms with Gasteiger partial charge in [-0.2, -0.15) is 0 Å². The van der Waals surface area contributed by atoms with Crippen molar-refractivity contribution in [2.24, 2.45) is 0 Å². The maximum Gasteiger partial charge on any atom is 0.272 e. The minimum absolute atomic E-state index is 0.144. The lowest BCUT2D eigenvalue weighted by Crippen LogP contribution is -2.14. The zero-order valence-electron chi connectivity index (χ0n) is 15.0. The minimum atomic E-state index is -2.63. The summed E-state index contributed by atoms with van der Waals surface area (Å²) < 4.78 is 27.4. The van der Waals surface area contributed by atoms with Gasteiger partial charge in [-0.1, -0.05) is 12.1 Å². The number of aliphatic hydroxyl groups is 1. The number of halogens is 2. The van der Waals surface area contributed by atoms with E-state index in [1.807, 2.05) is 6.07 Å². The van der Waals surface area contributed by atoms with Gasteiger partial charge in [0.1, 0.15) is 0 Å². The standard InChI is InChI=1S/C20H16F2N4O2S/c21-18(22)16-6-7-17(29-16)19(28)25-20-24-14-8-11(10-27)4-5-15(14)26(20)13-3-1-2-12(23)9-13/h1-9,18,27H,10,23H2,(H,24,25,28). The lowest BCUT2D eigenvalue weighted by Gasteiger charge is -2.10. The van der Waals surface area contributed by atoms with E-state index in [0.717, 1.165) is 11.3 Å². The van der Waals surface area contributed by atoms with Crippen LogP contribution in [-0.2, 0) is 6.61 Å². The smallest absolute Gasteiger partial charge is 0.272 e. The lowest BCUT2D eigenvalue weighted by atomic mass is 10.2. The number of imidazole rings is 1. The number of hydrogen-bond donors (Lipinski definition) is 3. The van der Waals surface area contributed by atoms with Crippen LogP contribution in [0.15, 0.2) is 54.6 Å². The second-order valence-corrected chi connectivity index (χ2v) is 7.42. The molecule has 1 amide bonds. The van der Waals surface area contributed by atoms with Crippen molar-refractivity contribution in [3.63, 3.8) is 0 Å². The Balaban J connectivity index is 1.79. The molecule has 4 N–H and O–H groups in total. The van der Waals surface area contributed by atoms with Gasteiger partial charge < -0.3 is 10.8 Å². The van der Waals surface area contributed by atoms with Crippen LogP contribution in [0.25, 0.3) is 16.7 Å². The molecule has 29 heavy (non-hydrogen) atoms.